The van der Waals surface area contributed by atoms with Crippen molar-refractivity contribution >= 4 is 16.7 Å². The summed E-state index contributed by atoms with van der Waals surface area (Å²) in [5.74, 6) is 5.99. The second kappa shape index (κ2) is 27.5. The van der Waals surface area contributed by atoms with Gasteiger partial charge in [0.05, 0.1) is 78.8 Å². The third kappa shape index (κ3) is 20.1. The van der Waals surface area contributed by atoms with E-state index >= 15 is 0 Å². The van der Waals surface area contributed by atoms with Crippen LogP contribution in [0.1, 0.15) is 45.6 Å². The Hall–Kier alpha value is -3.33. The van der Waals surface area contributed by atoms with Gasteiger partial charge in [0.2, 0.25) is 5.91 Å². The summed E-state index contributed by atoms with van der Waals surface area (Å²) in [6.07, 6.45) is 10.4. The van der Waals surface area contributed by atoms with Crippen LogP contribution in [-0.2, 0) is 34.9 Å². The fourth-order valence-corrected chi connectivity index (χ4v) is 4.71. The number of unbranched alkanes of at least 4 members (excludes halogenated alkanes) is 1. The largest absolute Gasteiger partial charge is 0.394 e. The van der Waals surface area contributed by atoms with Crippen LogP contribution in [0.15, 0.2) is 77.9 Å². The number of allylic oxidation sites excluding steroid dienone is 3. The zero-order chi connectivity index (χ0) is 35.4. The zero-order valence-electron chi connectivity index (χ0n) is 29.7. The Balaban J connectivity index is 1.47. The summed E-state index contributed by atoms with van der Waals surface area (Å²) >= 11 is 0. The molecular formula is C40H57NO8. The average molecular weight is 680 g/mol. The molecular weight excluding hydrogens is 622 g/mol. The molecule has 9 nitrogen and oxygen atoms in total. The van der Waals surface area contributed by atoms with Crippen molar-refractivity contribution in [3.63, 3.8) is 0 Å². The van der Waals surface area contributed by atoms with Gasteiger partial charge in [-0.1, -0.05) is 79.5 Å². The molecule has 0 unspecified atom stereocenters. The van der Waals surface area contributed by atoms with E-state index in [-0.39, 0.29) is 18.4 Å². The second-order valence-electron chi connectivity index (χ2n) is 11.6. The van der Waals surface area contributed by atoms with E-state index in [1.165, 1.54) is 16.3 Å². The number of fused-ring (bicyclic) bond motifs is 1. The number of amides is 1. The minimum Gasteiger partial charge on any atom is -0.394 e. The van der Waals surface area contributed by atoms with Crippen LogP contribution in [0.3, 0.4) is 0 Å². The molecule has 2 atom stereocenters. The molecule has 3 N–H and O–H groups in total. The van der Waals surface area contributed by atoms with E-state index in [4.69, 9.17) is 28.8 Å². The predicted octanol–water partition coefficient (Wildman–Crippen LogP) is 5.19. The maximum Gasteiger partial charge on any atom is 0.246 e. The van der Waals surface area contributed by atoms with Gasteiger partial charge in [0.25, 0.3) is 0 Å². The molecule has 0 aromatic heterocycles. The van der Waals surface area contributed by atoms with Gasteiger partial charge in [-0.05, 0) is 61.1 Å². The Morgan fingerprint density at radius 2 is 1.43 bits per heavy atom. The zero-order valence-corrected chi connectivity index (χ0v) is 29.7. The van der Waals surface area contributed by atoms with Crippen molar-refractivity contribution in [3.8, 4) is 11.8 Å². The van der Waals surface area contributed by atoms with Gasteiger partial charge < -0.3 is 39.2 Å². The van der Waals surface area contributed by atoms with E-state index < -0.39 is 6.10 Å². The number of benzene rings is 2. The highest BCUT2D eigenvalue weighted by molar-refractivity contribution is 5.92. The van der Waals surface area contributed by atoms with Gasteiger partial charge in [-0.3, -0.25) is 4.79 Å². The molecule has 0 radical (unpaired) electrons. The van der Waals surface area contributed by atoms with Crippen LogP contribution in [0.4, 0.5) is 0 Å². The predicted molar refractivity (Wildman–Crippen MR) is 195 cm³/mol. The first-order valence-electron chi connectivity index (χ1n) is 17.3. The summed E-state index contributed by atoms with van der Waals surface area (Å²) < 4.78 is 26.8. The minimum absolute atomic E-state index is 0.0156. The smallest absolute Gasteiger partial charge is 0.246 e. The first-order chi connectivity index (χ1) is 23.9. The number of ether oxygens (including phenoxy) is 5. The molecule has 0 heterocycles. The summed E-state index contributed by atoms with van der Waals surface area (Å²) in [6.45, 7) is 10.7. The van der Waals surface area contributed by atoms with E-state index in [0.717, 1.165) is 18.4 Å². The first kappa shape index (κ1) is 41.8. The lowest BCUT2D eigenvalue weighted by Gasteiger charge is -2.16. The number of aliphatic hydroxyl groups excluding tert-OH is 2. The topological polar surface area (TPSA) is 116 Å². The van der Waals surface area contributed by atoms with Gasteiger partial charge in [-0.2, -0.15) is 0 Å². The fraction of sp³-hybridized carbons (Fsp3) is 0.525. The highest BCUT2D eigenvalue weighted by Crippen LogP contribution is 2.18. The molecule has 0 aliphatic rings. The van der Waals surface area contributed by atoms with Crippen molar-refractivity contribution in [2.75, 3.05) is 79.2 Å². The number of carbonyl (C=O) groups is 1. The van der Waals surface area contributed by atoms with Gasteiger partial charge in [-0.25, -0.2) is 0 Å². The Morgan fingerprint density at radius 3 is 2.08 bits per heavy atom. The van der Waals surface area contributed by atoms with E-state index in [1.807, 2.05) is 26.0 Å². The molecule has 0 aliphatic heterocycles. The minimum atomic E-state index is -0.546. The normalized spacial score (nSPS) is 13.4. The average Bonchev–Trinajstić information content (AvgIpc) is 3.11. The molecule has 0 bridgehead atoms. The summed E-state index contributed by atoms with van der Waals surface area (Å²) in [5, 5.41) is 24.7. The molecule has 270 valence electrons. The molecule has 0 saturated heterocycles. The van der Waals surface area contributed by atoms with Crippen LogP contribution in [0, 0.1) is 17.8 Å². The number of hydrogen-bond donors (Lipinski definition) is 3. The molecule has 2 rings (SSSR count). The van der Waals surface area contributed by atoms with Crippen molar-refractivity contribution in [1.82, 2.24) is 5.32 Å². The maximum atomic E-state index is 12.3. The van der Waals surface area contributed by atoms with Crippen LogP contribution in [0.25, 0.3) is 10.8 Å². The van der Waals surface area contributed by atoms with E-state index in [1.54, 1.807) is 13.0 Å². The maximum absolute atomic E-state index is 12.3. The molecule has 0 saturated carbocycles. The number of aliphatic hydroxyl groups is 2. The van der Waals surface area contributed by atoms with Crippen LogP contribution in [0.2, 0.25) is 0 Å². The van der Waals surface area contributed by atoms with Crippen molar-refractivity contribution in [3.05, 3.63) is 83.5 Å². The van der Waals surface area contributed by atoms with E-state index in [2.05, 4.69) is 65.7 Å². The van der Waals surface area contributed by atoms with Crippen LogP contribution in [0.5, 0.6) is 0 Å². The van der Waals surface area contributed by atoms with Gasteiger partial charge in [-0.15, -0.1) is 0 Å². The van der Waals surface area contributed by atoms with Gasteiger partial charge in [0.15, 0.2) is 0 Å². The van der Waals surface area contributed by atoms with Crippen LogP contribution >= 0.6 is 0 Å². The SMILES string of the molecule is C/C(=C\CCC#C/C=C/[C@@H](C)[C@@H](O)/C(C)=C/CCc1ccc2ccccc2c1)C(=O)NCCOCCOCCOCCOCCOCCO. The first-order valence-corrected chi connectivity index (χ1v) is 17.3. The van der Waals surface area contributed by atoms with E-state index in [9.17, 15) is 9.90 Å². The van der Waals surface area contributed by atoms with Crippen molar-refractivity contribution in [2.24, 2.45) is 5.92 Å². The number of rotatable bonds is 26. The molecule has 2 aromatic rings. The van der Waals surface area contributed by atoms with Crippen molar-refractivity contribution in [1.29, 1.82) is 0 Å². The molecule has 0 aliphatic carbocycles. The summed E-state index contributed by atoms with van der Waals surface area (Å²) in [4.78, 5) is 12.3. The lowest BCUT2D eigenvalue weighted by atomic mass is 9.96. The molecule has 9 heteroatoms. The molecule has 1 amide bonds. The monoisotopic (exact) mass is 679 g/mol. The Morgan fingerprint density at radius 1 is 0.816 bits per heavy atom. The van der Waals surface area contributed by atoms with E-state index in [0.29, 0.717) is 91.0 Å². The molecule has 49 heavy (non-hydrogen) atoms. The van der Waals surface area contributed by atoms with Crippen molar-refractivity contribution < 1.29 is 38.7 Å². The molecule has 0 fully saturated rings. The van der Waals surface area contributed by atoms with Crippen LogP contribution in [-0.4, -0.2) is 101 Å². The molecule has 0 spiro atoms. The van der Waals surface area contributed by atoms with Crippen LogP contribution < -0.4 is 5.32 Å². The lowest BCUT2D eigenvalue weighted by Crippen LogP contribution is -2.28. The third-order valence-electron chi connectivity index (χ3n) is 7.60. The fourth-order valence-electron chi connectivity index (χ4n) is 4.71. The lowest BCUT2D eigenvalue weighted by molar-refractivity contribution is -0.117. The quantitative estimate of drug-likeness (QED) is 0.0539. The van der Waals surface area contributed by atoms with Gasteiger partial charge >= 0.3 is 0 Å². The highest BCUT2D eigenvalue weighted by atomic mass is 16.6. The molecule has 2 aromatic carbocycles. The van der Waals surface area contributed by atoms with Crippen molar-refractivity contribution in [2.45, 2.75) is 52.6 Å². The third-order valence-corrected chi connectivity index (χ3v) is 7.60. The Kier molecular flexibility index (Phi) is 23.5. The Labute approximate surface area is 293 Å². The number of aryl methyl sites for hydroxylation is 1. The van der Waals surface area contributed by atoms with Gasteiger partial charge in [0.1, 0.15) is 0 Å². The second-order valence-corrected chi connectivity index (χ2v) is 11.6. The highest BCUT2D eigenvalue weighted by Gasteiger charge is 2.12. The summed E-state index contributed by atoms with van der Waals surface area (Å²) in [5.41, 5.74) is 2.92. The summed E-state index contributed by atoms with van der Waals surface area (Å²) in [6, 6.07) is 15.0. The standard InChI is InChI=1S/C40H57NO8/c1-33(39(43)34(2)14-11-15-36-18-19-37-16-9-10-17-38(37)32-36)12-7-5-4-6-8-13-35(3)40(44)41-20-22-45-24-26-47-28-30-49-31-29-48-27-25-46-23-21-42/h7,9-10,12-14,16-19,32-33,39,42-43H,6,8,11,15,20-31H2,1-3H3,(H,41,44)/b12-7+,34-14+,35-13+/t33-,39-/m1/s1. The number of carbonyl (C=O) groups excluding carboxylic acids is 1. The number of hydrogen-bond acceptors (Lipinski definition) is 8. The summed E-state index contributed by atoms with van der Waals surface area (Å²) in [7, 11) is 0. The number of nitrogens with one attached hydrogen (secondary N) is 1. The van der Waals surface area contributed by atoms with Gasteiger partial charge in [0, 0.05) is 24.5 Å². The Bertz CT molecular complexity index is 1340.